The predicted molar refractivity (Wildman–Crippen MR) is 64.8 cm³/mol. The van der Waals surface area contributed by atoms with Crippen LogP contribution in [0.15, 0.2) is 5.51 Å². The van der Waals surface area contributed by atoms with Crippen LogP contribution >= 0.6 is 11.3 Å². The molecule has 88 valence electrons. The molecule has 1 aliphatic carbocycles. The number of hydrogen-bond donors (Lipinski definition) is 2. The Morgan fingerprint density at radius 3 is 2.94 bits per heavy atom. The SMILES string of the molecule is Cc1ncsc1C(=O)NCCNC1CCC1. The molecule has 1 saturated carbocycles. The summed E-state index contributed by atoms with van der Waals surface area (Å²) in [5.74, 6) is -0.00425. The Labute approximate surface area is 99.5 Å². The molecule has 0 bridgehead atoms. The van der Waals surface area contributed by atoms with Crippen LogP contribution in [0.1, 0.15) is 34.6 Å². The van der Waals surface area contributed by atoms with E-state index < -0.39 is 0 Å². The summed E-state index contributed by atoms with van der Waals surface area (Å²) in [7, 11) is 0. The first kappa shape index (κ1) is 11.5. The Kier molecular flexibility index (Phi) is 3.90. The molecule has 2 N–H and O–H groups in total. The van der Waals surface area contributed by atoms with Crippen molar-refractivity contribution in [2.45, 2.75) is 32.2 Å². The van der Waals surface area contributed by atoms with Gasteiger partial charge in [0.2, 0.25) is 0 Å². The molecule has 1 heterocycles. The number of nitrogens with zero attached hydrogens (tertiary/aromatic N) is 1. The monoisotopic (exact) mass is 239 g/mol. The summed E-state index contributed by atoms with van der Waals surface area (Å²) in [4.78, 5) is 16.5. The van der Waals surface area contributed by atoms with Gasteiger partial charge < -0.3 is 10.6 Å². The van der Waals surface area contributed by atoms with Crippen molar-refractivity contribution in [1.29, 1.82) is 0 Å². The first-order valence-corrected chi connectivity index (χ1v) is 6.57. The van der Waals surface area contributed by atoms with Crippen molar-refractivity contribution in [3.05, 3.63) is 16.1 Å². The van der Waals surface area contributed by atoms with Crippen LogP contribution in [-0.4, -0.2) is 30.0 Å². The summed E-state index contributed by atoms with van der Waals surface area (Å²) in [6.07, 6.45) is 3.90. The van der Waals surface area contributed by atoms with Gasteiger partial charge in [0.05, 0.1) is 11.2 Å². The van der Waals surface area contributed by atoms with Crippen LogP contribution in [-0.2, 0) is 0 Å². The molecule has 0 aromatic carbocycles. The molecule has 2 rings (SSSR count). The van der Waals surface area contributed by atoms with E-state index in [0.717, 1.165) is 17.1 Å². The summed E-state index contributed by atoms with van der Waals surface area (Å²) < 4.78 is 0. The van der Waals surface area contributed by atoms with Gasteiger partial charge in [-0.2, -0.15) is 0 Å². The second kappa shape index (κ2) is 5.41. The normalized spacial score (nSPS) is 15.8. The summed E-state index contributed by atoms with van der Waals surface area (Å²) in [5.41, 5.74) is 2.52. The number of aryl methyl sites for hydroxylation is 1. The highest BCUT2D eigenvalue weighted by atomic mass is 32.1. The van der Waals surface area contributed by atoms with Crippen molar-refractivity contribution in [1.82, 2.24) is 15.6 Å². The summed E-state index contributed by atoms with van der Waals surface area (Å²) in [5, 5.41) is 6.31. The molecule has 0 atom stereocenters. The van der Waals surface area contributed by atoms with E-state index in [1.165, 1.54) is 30.6 Å². The van der Waals surface area contributed by atoms with Crippen molar-refractivity contribution in [2.24, 2.45) is 0 Å². The largest absolute Gasteiger partial charge is 0.350 e. The number of aromatic nitrogens is 1. The van der Waals surface area contributed by atoms with Crippen LogP contribution in [0.2, 0.25) is 0 Å². The van der Waals surface area contributed by atoms with Crippen LogP contribution in [0.4, 0.5) is 0 Å². The third-order valence-corrected chi connectivity index (χ3v) is 3.83. The van der Waals surface area contributed by atoms with Gasteiger partial charge in [-0.1, -0.05) is 6.42 Å². The maximum absolute atomic E-state index is 11.7. The van der Waals surface area contributed by atoms with Gasteiger partial charge in [0.1, 0.15) is 4.88 Å². The maximum atomic E-state index is 11.7. The van der Waals surface area contributed by atoms with E-state index in [1.54, 1.807) is 5.51 Å². The summed E-state index contributed by atoms with van der Waals surface area (Å²) in [6.45, 7) is 3.40. The van der Waals surface area contributed by atoms with Gasteiger partial charge in [-0.25, -0.2) is 4.98 Å². The van der Waals surface area contributed by atoms with Crippen molar-refractivity contribution in [2.75, 3.05) is 13.1 Å². The highest BCUT2D eigenvalue weighted by molar-refractivity contribution is 7.11. The number of amides is 1. The minimum atomic E-state index is -0.00425. The second-order valence-corrected chi connectivity index (χ2v) is 4.96. The van der Waals surface area contributed by atoms with Crippen LogP contribution in [0.3, 0.4) is 0 Å². The van der Waals surface area contributed by atoms with E-state index >= 15 is 0 Å². The Hall–Kier alpha value is -0.940. The zero-order chi connectivity index (χ0) is 11.4. The van der Waals surface area contributed by atoms with E-state index in [4.69, 9.17) is 0 Å². The van der Waals surface area contributed by atoms with Crippen LogP contribution < -0.4 is 10.6 Å². The molecule has 0 unspecified atom stereocenters. The lowest BCUT2D eigenvalue weighted by molar-refractivity contribution is 0.0956. The van der Waals surface area contributed by atoms with E-state index in [-0.39, 0.29) is 5.91 Å². The van der Waals surface area contributed by atoms with Gasteiger partial charge in [0, 0.05) is 19.1 Å². The molecule has 1 fully saturated rings. The van der Waals surface area contributed by atoms with Gasteiger partial charge in [0.25, 0.3) is 5.91 Å². The number of nitrogens with one attached hydrogen (secondary N) is 2. The van der Waals surface area contributed by atoms with Crippen molar-refractivity contribution in [3.63, 3.8) is 0 Å². The van der Waals surface area contributed by atoms with E-state index in [2.05, 4.69) is 15.6 Å². The Morgan fingerprint density at radius 2 is 2.38 bits per heavy atom. The Bertz CT molecular complexity index is 360. The number of carbonyl (C=O) groups excluding carboxylic acids is 1. The first-order chi connectivity index (χ1) is 7.77. The van der Waals surface area contributed by atoms with Crippen LogP contribution in [0.25, 0.3) is 0 Å². The summed E-state index contributed by atoms with van der Waals surface area (Å²) in [6, 6.07) is 0.682. The molecule has 4 nitrogen and oxygen atoms in total. The number of rotatable bonds is 5. The smallest absolute Gasteiger partial charge is 0.263 e. The zero-order valence-electron chi connectivity index (χ0n) is 9.45. The minimum absolute atomic E-state index is 0.00425. The lowest BCUT2D eigenvalue weighted by atomic mass is 9.93. The fourth-order valence-electron chi connectivity index (χ4n) is 1.66. The van der Waals surface area contributed by atoms with Gasteiger partial charge >= 0.3 is 0 Å². The van der Waals surface area contributed by atoms with Gasteiger partial charge in [-0.05, 0) is 19.8 Å². The second-order valence-electron chi connectivity index (χ2n) is 4.10. The molecule has 1 amide bonds. The highest BCUT2D eigenvalue weighted by Gasteiger charge is 2.16. The van der Waals surface area contributed by atoms with Crippen LogP contribution in [0, 0.1) is 6.92 Å². The fraction of sp³-hybridized carbons (Fsp3) is 0.636. The van der Waals surface area contributed by atoms with E-state index in [1.807, 2.05) is 6.92 Å². The average Bonchev–Trinajstić information content (AvgIpc) is 2.61. The van der Waals surface area contributed by atoms with Crippen molar-refractivity contribution < 1.29 is 4.79 Å². The number of carbonyl (C=O) groups is 1. The zero-order valence-corrected chi connectivity index (χ0v) is 10.3. The molecular weight excluding hydrogens is 222 g/mol. The molecule has 1 aromatic heterocycles. The molecule has 1 aromatic rings. The van der Waals surface area contributed by atoms with Crippen molar-refractivity contribution >= 4 is 17.2 Å². The topological polar surface area (TPSA) is 54.0 Å². The molecule has 0 spiro atoms. The van der Waals surface area contributed by atoms with Gasteiger partial charge in [0.15, 0.2) is 0 Å². The molecule has 16 heavy (non-hydrogen) atoms. The fourth-order valence-corrected chi connectivity index (χ4v) is 2.38. The summed E-state index contributed by atoms with van der Waals surface area (Å²) >= 11 is 1.39. The molecule has 0 radical (unpaired) electrons. The first-order valence-electron chi connectivity index (χ1n) is 5.69. The van der Waals surface area contributed by atoms with E-state index in [9.17, 15) is 4.79 Å². The third kappa shape index (κ3) is 2.80. The lowest BCUT2D eigenvalue weighted by Gasteiger charge is -2.26. The van der Waals surface area contributed by atoms with Gasteiger partial charge in [-0.3, -0.25) is 4.79 Å². The Balaban J connectivity index is 1.65. The van der Waals surface area contributed by atoms with Gasteiger partial charge in [-0.15, -0.1) is 11.3 Å². The average molecular weight is 239 g/mol. The third-order valence-electron chi connectivity index (χ3n) is 2.90. The molecule has 1 aliphatic rings. The minimum Gasteiger partial charge on any atom is -0.350 e. The number of hydrogen-bond acceptors (Lipinski definition) is 4. The molecule has 0 aliphatic heterocycles. The quantitative estimate of drug-likeness (QED) is 0.762. The molecular formula is C11H17N3OS. The Morgan fingerprint density at radius 1 is 1.56 bits per heavy atom. The van der Waals surface area contributed by atoms with E-state index in [0.29, 0.717) is 12.6 Å². The molecule has 0 saturated heterocycles. The lowest BCUT2D eigenvalue weighted by Crippen LogP contribution is -2.40. The maximum Gasteiger partial charge on any atom is 0.263 e. The van der Waals surface area contributed by atoms with Crippen LogP contribution in [0.5, 0.6) is 0 Å². The standard InChI is InChI=1S/C11H17N3OS/c1-8-10(16-7-14-8)11(15)13-6-5-12-9-3-2-4-9/h7,9,12H,2-6H2,1H3,(H,13,15). The predicted octanol–water partition coefficient (Wildman–Crippen LogP) is 1.32. The molecule has 5 heteroatoms. The number of thiazole rings is 1. The van der Waals surface area contributed by atoms with Crippen molar-refractivity contribution in [3.8, 4) is 0 Å². The highest BCUT2D eigenvalue weighted by Crippen LogP contribution is 2.17.